The number of anilines is 2. The molecule has 1 aromatic heterocycles. The number of nitrogens with one attached hydrogen (secondary N) is 2. The summed E-state index contributed by atoms with van der Waals surface area (Å²) in [6, 6.07) is 14.0. The van der Waals surface area contributed by atoms with Crippen LogP contribution in [0, 0.1) is 20.8 Å². The van der Waals surface area contributed by atoms with E-state index in [1.54, 1.807) is 11.8 Å². The average Bonchev–Trinajstić information content (AvgIpc) is 3.05. The van der Waals surface area contributed by atoms with E-state index >= 15 is 0 Å². The molecule has 0 aliphatic rings. The summed E-state index contributed by atoms with van der Waals surface area (Å²) in [5.41, 5.74) is 5.66. The second-order valence-corrected chi connectivity index (χ2v) is 8.41. The van der Waals surface area contributed by atoms with Gasteiger partial charge < -0.3 is 5.32 Å². The van der Waals surface area contributed by atoms with E-state index in [9.17, 15) is 4.79 Å². The molecular formula is C20H22N4OS2. The third-order valence-electron chi connectivity index (χ3n) is 4.03. The van der Waals surface area contributed by atoms with Crippen LogP contribution in [0.15, 0.2) is 42.5 Å². The van der Waals surface area contributed by atoms with Crippen molar-refractivity contribution in [2.24, 2.45) is 0 Å². The molecule has 0 bridgehead atoms. The standard InChI is InChI=1S/C20H22N4OS2/c1-13-5-4-6-16(9-13)11-26-12-18-23-24-20(27-18)22-19(25)21-17-8-7-14(2)15(3)10-17/h4-10H,11-12H2,1-3H3,(H2,21,22,24,25). The molecule has 0 aliphatic carbocycles. The third-order valence-corrected chi connectivity index (χ3v) is 6.07. The molecule has 5 nitrogen and oxygen atoms in total. The summed E-state index contributed by atoms with van der Waals surface area (Å²) in [7, 11) is 0. The molecule has 2 aromatic carbocycles. The molecule has 3 aromatic rings. The SMILES string of the molecule is Cc1cccc(CSCc2nnc(NC(=O)Nc3ccc(C)c(C)c3)s2)c1. The Kier molecular flexibility index (Phi) is 6.47. The third kappa shape index (κ3) is 5.80. The van der Waals surface area contributed by atoms with Gasteiger partial charge in [0.2, 0.25) is 5.13 Å². The normalized spacial score (nSPS) is 10.6. The molecule has 27 heavy (non-hydrogen) atoms. The number of nitrogens with zero attached hydrogens (tertiary/aromatic N) is 2. The fourth-order valence-corrected chi connectivity index (χ4v) is 4.26. The molecule has 0 aliphatic heterocycles. The number of hydrogen-bond donors (Lipinski definition) is 2. The van der Waals surface area contributed by atoms with Crippen LogP contribution in [0.3, 0.4) is 0 Å². The molecule has 7 heteroatoms. The molecule has 2 N–H and O–H groups in total. The van der Waals surface area contributed by atoms with E-state index in [0.717, 1.165) is 27.8 Å². The van der Waals surface area contributed by atoms with Gasteiger partial charge in [-0.1, -0.05) is 47.2 Å². The Morgan fingerprint density at radius 1 is 1.00 bits per heavy atom. The summed E-state index contributed by atoms with van der Waals surface area (Å²) in [4.78, 5) is 12.1. The molecule has 0 atom stereocenters. The van der Waals surface area contributed by atoms with Crippen molar-refractivity contribution in [1.29, 1.82) is 0 Å². The van der Waals surface area contributed by atoms with Crippen molar-refractivity contribution in [2.45, 2.75) is 32.3 Å². The Morgan fingerprint density at radius 2 is 1.85 bits per heavy atom. The van der Waals surface area contributed by atoms with Gasteiger partial charge in [0, 0.05) is 17.2 Å². The summed E-state index contributed by atoms with van der Waals surface area (Å²) >= 11 is 3.19. The lowest BCUT2D eigenvalue weighted by Crippen LogP contribution is -2.19. The lowest BCUT2D eigenvalue weighted by Gasteiger charge is -2.07. The van der Waals surface area contributed by atoms with E-state index in [4.69, 9.17) is 0 Å². The number of thioether (sulfide) groups is 1. The van der Waals surface area contributed by atoms with Gasteiger partial charge >= 0.3 is 6.03 Å². The van der Waals surface area contributed by atoms with E-state index in [-0.39, 0.29) is 6.03 Å². The Hall–Kier alpha value is -2.38. The van der Waals surface area contributed by atoms with Crippen LogP contribution >= 0.6 is 23.1 Å². The number of aryl methyl sites for hydroxylation is 3. The van der Waals surface area contributed by atoms with E-state index in [2.05, 4.69) is 52.0 Å². The predicted octanol–water partition coefficient (Wildman–Crippen LogP) is 5.54. The predicted molar refractivity (Wildman–Crippen MR) is 115 cm³/mol. The van der Waals surface area contributed by atoms with Crippen LogP contribution in [0.25, 0.3) is 0 Å². The lowest BCUT2D eigenvalue weighted by atomic mass is 10.1. The first-order valence-electron chi connectivity index (χ1n) is 8.60. The Balaban J connectivity index is 1.48. The van der Waals surface area contributed by atoms with Crippen LogP contribution in [0.2, 0.25) is 0 Å². The van der Waals surface area contributed by atoms with Gasteiger partial charge in [-0.3, -0.25) is 5.32 Å². The maximum absolute atomic E-state index is 12.1. The van der Waals surface area contributed by atoms with Crippen LogP contribution in [0.1, 0.15) is 27.3 Å². The van der Waals surface area contributed by atoms with Gasteiger partial charge in [-0.25, -0.2) is 4.79 Å². The second-order valence-electron chi connectivity index (χ2n) is 6.36. The van der Waals surface area contributed by atoms with Crippen LogP contribution in [-0.2, 0) is 11.5 Å². The van der Waals surface area contributed by atoms with E-state index in [0.29, 0.717) is 5.13 Å². The van der Waals surface area contributed by atoms with Gasteiger partial charge in [0.25, 0.3) is 0 Å². The minimum Gasteiger partial charge on any atom is -0.308 e. The molecule has 2 amide bonds. The summed E-state index contributed by atoms with van der Waals surface area (Å²) < 4.78 is 0. The highest BCUT2D eigenvalue weighted by Crippen LogP contribution is 2.23. The number of benzene rings is 2. The number of carbonyl (C=O) groups excluding carboxylic acids is 1. The highest BCUT2D eigenvalue weighted by molar-refractivity contribution is 7.97. The zero-order chi connectivity index (χ0) is 19.2. The number of rotatable bonds is 6. The van der Waals surface area contributed by atoms with Crippen molar-refractivity contribution in [1.82, 2.24) is 10.2 Å². The van der Waals surface area contributed by atoms with Crippen molar-refractivity contribution in [3.63, 3.8) is 0 Å². The number of amides is 2. The van der Waals surface area contributed by atoms with Gasteiger partial charge in [-0.2, -0.15) is 0 Å². The van der Waals surface area contributed by atoms with Crippen LogP contribution in [-0.4, -0.2) is 16.2 Å². The topological polar surface area (TPSA) is 66.9 Å². The van der Waals surface area contributed by atoms with Crippen molar-refractivity contribution in [2.75, 3.05) is 10.6 Å². The van der Waals surface area contributed by atoms with Crippen molar-refractivity contribution in [3.8, 4) is 0 Å². The first kappa shape index (κ1) is 19.4. The smallest absolute Gasteiger partial charge is 0.308 e. The maximum Gasteiger partial charge on any atom is 0.325 e. The summed E-state index contributed by atoms with van der Waals surface area (Å²) in [5, 5.41) is 15.2. The summed E-state index contributed by atoms with van der Waals surface area (Å²) in [5.74, 6) is 1.70. The van der Waals surface area contributed by atoms with Crippen molar-refractivity contribution >= 4 is 39.9 Å². The lowest BCUT2D eigenvalue weighted by molar-refractivity contribution is 0.262. The highest BCUT2D eigenvalue weighted by Gasteiger charge is 2.09. The zero-order valence-corrected chi connectivity index (χ0v) is 17.2. The summed E-state index contributed by atoms with van der Waals surface area (Å²) in [6.45, 7) is 6.16. The van der Waals surface area contributed by atoms with Crippen LogP contribution in [0.4, 0.5) is 15.6 Å². The van der Waals surface area contributed by atoms with Crippen LogP contribution < -0.4 is 10.6 Å². The molecule has 0 unspecified atom stereocenters. The Labute approximate surface area is 167 Å². The van der Waals surface area contributed by atoms with Crippen molar-refractivity contribution in [3.05, 3.63) is 69.7 Å². The Morgan fingerprint density at radius 3 is 2.63 bits per heavy atom. The maximum atomic E-state index is 12.1. The largest absolute Gasteiger partial charge is 0.325 e. The van der Waals surface area contributed by atoms with Crippen molar-refractivity contribution < 1.29 is 4.79 Å². The number of urea groups is 1. The quantitative estimate of drug-likeness (QED) is 0.572. The fraction of sp³-hybridized carbons (Fsp3) is 0.250. The van der Waals surface area contributed by atoms with E-state index in [1.807, 2.05) is 32.0 Å². The minimum absolute atomic E-state index is 0.312. The molecule has 0 saturated heterocycles. The molecule has 0 spiro atoms. The minimum atomic E-state index is -0.312. The second kappa shape index (κ2) is 9.01. The highest BCUT2D eigenvalue weighted by atomic mass is 32.2. The van der Waals surface area contributed by atoms with Gasteiger partial charge in [0.1, 0.15) is 5.01 Å². The van der Waals surface area contributed by atoms with Gasteiger partial charge in [-0.05, 0) is 49.6 Å². The van der Waals surface area contributed by atoms with Gasteiger partial charge in [-0.15, -0.1) is 22.0 Å². The number of carbonyl (C=O) groups is 1. The zero-order valence-electron chi connectivity index (χ0n) is 15.6. The molecule has 0 radical (unpaired) electrons. The van der Waals surface area contributed by atoms with E-state index in [1.165, 1.54) is 28.0 Å². The molecule has 140 valence electrons. The monoisotopic (exact) mass is 398 g/mol. The molecular weight excluding hydrogens is 376 g/mol. The van der Waals surface area contributed by atoms with Gasteiger partial charge in [0.15, 0.2) is 0 Å². The fourth-order valence-electron chi connectivity index (χ4n) is 2.50. The molecule has 0 saturated carbocycles. The first-order valence-corrected chi connectivity index (χ1v) is 10.6. The molecule has 0 fully saturated rings. The number of hydrogen-bond acceptors (Lipinski definition) is 5. The summed E-state index contributed by atoms with van der Waals surface area (Å²) in [6.07, 6.45) is 0. The Bertz CT molecular complexity index is 939. The molecule has 1 heterocycles. The number of aromatic nitrogens is 2. The average molecular weight is 399 g/mol. The van der Waals surface area contributed by atoms with Gasteiger partial charge in [0.05, 0.1) is 0 Å². The first-order chi connectivity index (χ1) is 13.0. The molecule has 3 rings (SSSR count). The van der Waals surface area contributed by atoms with E-state index < -0.39 is 0 Å². The van der Waals surface area contributed by atoms with Crippen LogP contribution in [0.5, 0.6) is 0 Å².